The normalized spacial score (nSPS) is 15.8. The highest BCUT2D eigenvalue weighted by Gasteiger charge is 2.32. The maximum atomic E-state index is 13.1. The average Bonchev–Trinajstić information content (AvgIpc) is 3.15. The standard InChI is InChI=1S/C18H20F3N7O2/c1-17(2,3)30-16(29)27-8-6-26(7-9-27)14-15-23-24-25-28(15)13-10-11(18(19,20)21)4-5-12(13)22-14/h4-5,10H,6-9H2,1-3H3. The minimum absolute atomic E-state index is 0.168. The minimum Gasteiger partial charge on any atom is -0.444 e. The van der Waals surface area contributed by atoms with Gasteiger partial charge in [0.25, 0.3) is 0 Å². The molecule has 2 aromatic heterocycles. The van der Waals surface area contributed by atoms with Gasteiger partial charge in [0.1, 0.15) is 5.60 Å². The van der Waals surface area contributed by atoms with Gasteiger partial charge in [0.2, 0.25) is 5.65 Å². The van der Waals surface area contributed by atoms with Crippen LogP contribution in [0.4, 0.5) is 23.8 Å². The van der Waals surface area contributed by atoms with Crippen LogP contribution in [0.5, 0.6) is 0 Å². The lowest BCUT2D eigenvalue weighted by Crippen LogP contribution is -2.50. The van der Waals surface area contributed by atoms with Crippen molar-refractivity contribution in [3.8, 4) is 0 Å². The summed E-state index contributed by atoms with van der Waals surface area (Å²) in [5, 5.41) is 11.4. The van der Waals surface area contributed by atoms with Gasteiger partial charge in [0.15, 0.2) is 5.82 Å². The topological polar surface area (TPSA) is 88.8 Å². The zero-order chi connectivity index (χ0) is 21.7. The third kappa shape index (κ3) is 3.81. The van der Waals surface area contributed by atoms with Gasteiger partial charge in [-0.3, -0.25) is 0 Å². The summed E-state index contributed by atoms with van der Waals surface area (Å²) in [6, 6.07) is 3.27. The first-order valence-corrected chi connectivity index (χ1v) is 9.35. The molecule has 0 atom stereocenters. The van der Waals surface area contributed by atoms with Crippen molar-refractivity contribution in [3.05, 3.63) is 23.8 Å². The maximum absolute atomic E-state index is 13.1. The highest BCUT2D eigenvalue weighted by molar-refractivity contribution is 5.83. The van der Waals surface area contributed by atoms with Gasteiger partial charge in [-0.25, -0.2) is 9.78 Å². The Bertz CT molecular complexity index is 1100. The Balaban J connectivity index is 1.62. The SMILES string of the molecule is CC(C)(C)OC(=O)N1CCN(c2nc3ccc(C(F)(F)F)cc3n3nnnc23)CC1. The molecule has 3 aromatic rings. The molecule has 0 radical (unpaired) electrons. The van der Waals surface area contributed by atoms with Crippen molar-refractivity contribution in [2.75, 3.05) is 31.1 Å². The highest BCUT2D eigenvalue weighted by atomic mass is 19.4. The summed E-state index contributed by atoms with van der Waals surface area (Å²) in [6.45, 7) is 7.16. The molecule has 1 aliphatic heterocycles. The Morgan fingerprint density at radius 3 is 2.43 bits per heavy atom. The first kappa shape index (κ1) is 20.1. The van der Waals surface area contributed by atoms with E-state index in [0.717, 1.165) is 12.1 Å². The van der Waals surface area contributed by atoms with Gasteiger partial charge in [0.05, 0.1) is 16.6 Å². The molecule has 0 spiro atoms. The van der Waals surface area contributed by atoms with E-state index in [2.05, 4.69) is 20.5 Å². The number of fused-ring (bicyclic) bond motifs is 3. The highest BCUT2D eigenvalue weighted by Crippen LogP contribution is 2.32. The molecule has 1 amide bonds. The van der Waals surface area contributed by atoms with Crippen LogP contribution >= 0.6 is 0 Å². The van der Waals surface area contributed by atoms with Crippen molar-refractivity contribution < 1.29 is 22.7 Å². The number of nitrogens with zero attached hydrogens (tertiary/aromatic N) is 7. The van der Waals surface area contributed by atoms with Gasteiger partial charge in [-0.15, -0.1) is 5.10 Å². The van der Waals surface area contributed by atoms with Crippen LogP contribution in [0.15, 0.2) is 18.2 Å². The second-order valence-electron chi connectivity index (χ2n) is 8.01. The molecule has 1 aromatic carbocycles. The van der Waals surface area contributed by atoms with E-state index in [1.165, 1.54) is 10.6 Å². The number of benzene rings is 1. The molecule has 0 aliphatic carbocycles. The zero-order valence-electron chi connectivity index (χ0n) is 16.6. The number of carbonyl (C=O) groups excluding carboxylic acids is 1. The van der Waals surface area contributed by atoms with E-state index < -0.39 is 17.3 Å². The van der Waals surface area contributed by atoms with Crippen molar-refractivity contribution in [2.45, 2.75) is 32.5 Å². The average molecular weight is 423 g/mol. The number of tetrazole rings is 1. The Morgan fingerprint density at radius 1 is 1.10 bits per heavy atom. The van der Waals surface area contributed by atoms with Crippen LogP contribution in [-0.2, 0) is 10.9 Å². The lowest BCUT2D eigenvalue weighted by atomic mass is 10.2. The summed E-state index contributed by atoms with van der Waals surface area (Å²) in [4.78, 5) is 20.3. The van der Waals surface area contributed by atoms with E-state index in [9.17, 15) is 18.0 Å². The Kier molecular flexibility index (Phi) is 4.66. The smallest absolute Gasteiger partial charge is 0.416 e. The van der Waals surface area contributed by atoms with Crippen molar-refractivity contribution in [1.82, 2.24) is 29.9 Å². The second-order valence-corrected chi connectivity index (χ2v) is 8.01. The van der Waals surface area contributed by atoms with Crippen LogP contribution in [0.1, 0.15) is 26.3 Å². The molecule has 1 aliphatic rings. The van der Waals surface area contributed by atoms with Gasteiger partial charge >= 0.3 is 12.3 Å². The first-order valence-electron chi connectivity index (χ1n) is 9.35. The summed E-state index contributed by atoms with van der Waals surface area (Å²) in [5.41, 5.74) is -0.615. The number of aromatic nitrogens is 5. The van der Waals surface area contributed by atoms with Gasteiger partial charge in [-0.1, -0.05) is 0 Å². The number of alkyl halides is 3. The number of halogens is 3. The van der Waals surface area contributed by atoms with E-state index >= 15 is 0 Å². The largest absolute Gasteiger partial charge is 0.444 e. The van der Waals surface area contributed by atoms with Crippen LogP contribution in [-0.4, -0.2) is 67.8 Å². The monoisotopic (exact) mass is 423 g/mol. The lowest BCUT2D eigenvalue weighted by molar-refractivity contribution is -0.137. The Hall–Kier alpha value is -3.18. The van der Waals surface area contributed by atoms with E-state index in [-0.39, 0.29) is 17.3 Å². The molecular weight excluding hydrogens is 403 g/mol. The maximum Gasteiger partial charge on any atom is 0.416 e. The molecule has 0 bridgehead atoms. The van der Waals surface area contributed by atoms with Crippen LogP contribution < -0.4 is 4.90 Å². The molecule has 1 fully saturated rings. The number of rotatable bonds is 1. The van der Waals surface area contributed by atoms with Gasteiger partial charge in [-0.05, 0) is 49.4 Å². The molecule has 0 saturated carbocycles. The molecule has 0 N–H and O–H groups in total. The Labute approximate surface area is 169 Å². The third-order valence-electron chi connectivity index (χ3n) is 4.66. The number of piperazine rings is 1. The molecule has 160 valence electrons. The number of hydrogen-bond acceptors (Lipinski definition) is 7. The van der Waals surface area contributed by atoms with E-state index in [1.807, 2.05) is 4.90 Å². The second kappa shape index (κ2) is 6.96. The van der Waals surface area contributed by atoms with Crippen molar-refractivity contribution in [3.63, 3.8) is 0 Å². The fourth-order valence-electron chi connectivity index (χ4n) is 3.26. The van der Waals surface area contributed by atoms with Gasteiger partial charge in [-0.2, -0.15) is 17.7 Å². The van der Waals surface area contributed by atoms with Crippen molar-refractivity contribution >= 4 is 28.6 Å². The van der Waals surface area contributed by atoms with E-state index in [1.54, 1.807) is 25.7 Å². The fourth-order valence-corrected chi connectivity index (χ4v) is 3.26. The van der Waals surface area contributed by atoms with Crippen LogP contribution in [0, 0.1) is 0 Å². The first-order chi connectivity index (χ1) is 14.0. The Morgan fingerprint density at radius 2 is 1.80 bits per heavy atom. The molecular formula is C18H20F3N7O2. The van der Waals surface area contributed by atoms with E-state index in [4.69, 9.17) is 4.74 Å². The number of carbonyl (C=O) groups is 1. The summed E-state index contributed by atoms with van der Waals surface area (Å²) < 4.78 is 45.9. The van der Waals surface area contributed by atoms with Gasteiger partial charge in [0, 0.05) is 26.2 Å². The molecule has 9 nitrogen and oxygen atoms in total. The number of hydrogen-bond donors (Lipinski definition) is 0. The molecule has 4 rings (SSSR count). The van der Waals surface area contributed by atoms with Gasteiger partial charge < -0.3 is 14.5 Å². The fraction of sp³-hybridized carbons (Fsp3) is 0.500. The summed E-state index contributed by atoms with van der Waals surface area (Å²) in [6.07, 6.45) is -4.87. The summed E-state index contributed by atoms with van der Waals surface area (Å²) in [5.74, 6) is 0.455. The van der Waals surface area contributed by atoms with Crippen molar-refractivity contribution in [2.24, 2.45) is 0 Å². The molecule has 1 saturated heterocycles. The predicted molar refractivity (Wildman–Crippen MR) is 101 cm³/mol. The molecule has 3 heterocycles. The number of amides is 1. The van der Waals surface area contributed by atoms with E-state index in [0.29, 0.717) is 37.5 Å². The number of ether oxygens (including phenoxy) is 1. The van der Waals surface area contributed by atoms with Crippen LogP contribution in [0.3, 0.4) is 0 Å². The predicted octanol–water partition coefficient (Wildman–Crippen LogP) is 2.75. The zero-order valence-corrected chi connectivity index (χ0v) is 16.6. The summed E-state index contributed by atoms with van der Waals surface area (Å²) in [7, 11) is 0. The van der Waals surface area contributed by atoms with Crippen molar-refractivity contribution in [1.29, 1.82) is 0 Å². The lowest BCUT2D eigenvalue weighted by Gasteiger charge is -2.36. The number of anilines is 1. The minimum atomic E-state index is -4.48. The van der Waals surface area contributed by atoms with Crippen LogP contribution in [0.25, 0.3) is 16.7 Å². The third-order valence-corrected chi connectivity index (χ3v) is 4.66. The molecule has 12 heteroatoms. The van der Waals surface area contributed by atoms with Crippen LogP contribution in [0.2, 0.25) is 0 Å². The quantitative estimate of drug-likeness (QED) is 0.595. The molecule has 30 heavy (non-hydrogen) atoms. The molecule has 0 unspecified atom stereocenters. The summed E-state index contributed by atoms with van der Waals surface area (Å²) >= 11 is 0.